The van der Waals surface area contributed by atoms with E-state index in [0.717, 1.165) is 0 Å². The molecule has 0 aliphatic heterocycles. The van der Waals surface area contributed by atoms with Crippen LogP contribution in [0, 0.1) is 19.7 Å². The van der Waals surface area contributed by atoms with Gasteiger partial charge in [0.05, 0.1) is 0 Å². The van der Waals surface area contributed by atoms with Gasteiger partial charge in [-0.15, -0.1) is 11.3 Å². The van der Waals surface area contributed by atoms with Crippen molar-refractivity contribution in [2.24, 2.45) is 5.73 Å². The monoisotopic (exact) mass is 306 g/mol. The predicted molar refractivity (Wildman–Crippen MR) is 88.2 cm³/mol. The van der Waals surface area contributed by atoms with E-state index in [4.69, 9.17) is 5.73 Å². The maximum absolute atomic E-state index is 14.0. The molecule has 2 rings (SSSR count). The Morgan fingerprint density at radius 2 is 1.90 bits per heavy atom. The minimum Gasteiger partial charge on any atom is -0.329 e. The molecule has 2 N–H and O–H groups in total. The Hall–Kier alpha value is -1.23. The van der Waals surface area contributed by atoms with Gasteiger partial charge in [-0.25, -0.2) is 4.39 Å². The first-order valence-corrected chi connectivity index (χ1v) is 8.00. The maximum Gasteiger partial charge on any atom is 0.127 e. The molecule has 0 saturated carbocycles. The van der Waals surface area contributed by atoms with Crippen molar-refractivity contribution in [3.63, 3.8) is 0 Å². The average molecular weight is 306 g/mol. The number of rotatable bonds is 5. The summed E-state index contributed by atoms with van der Waals surface area (Å²) in [7, 11) is 2.01. The second-order valence-corrected chi connectivity index (χ2v) is 6.94. The first-order valence-electron chi connectivity index (χ1n) is 7.19. The molecule has 0 aliphatic carbocycles. The quantitative estimate of drug-likeness (QED) is 0.897. The van der Waals surface area contributed by atoms with Crippen molar-refractivity contribution in [1.29, 1.82) is 0 Å². The number of nitrogens with two attached hydrogens (primary N) is 1. The third-order valence-electron chi connectivity index (χ3n) is 4.12. The van der Waals surface area contributed by atoms with Crippen molar-refractivity contribution in [3.8, 4) is 0 Å². The molecule has 0 radical (unpaired) electrons. The number of hydrogen-bond acceptors (Lipinski definition) is 3. The number of likely N-dealkylation sites (N-methyl/N-ethyl adjacent to an activating group) is 1. The summed E-state index contributed by atoms with van der Waals surface area (Å²) in [5, 5.41) is 0. The van der Waals surface area contributed by atoms with Crippen LogP contribution in [0.2, 0.25) is 0 Å². The minimum absolute atomic E-state index is 0.0284. The highest BCUT2D eigenvalue weighted by Gasteiger charge is 2.25. The molecular formula is C17H23FN2S. The molecular weight excluding hydrogens is 283 g/mol. The zero-order valence-electron chi connectivity index (χ0n) is 13.1. The van der Waals surface area contributed by atoms with E-state index in [-0.39, 0.29) is 17.9 Å². The fourth-order valence-corrected chi connectivity index (χ4v) is 3.78. The Morgan fingerprint density at radius 1 is 1.24 bits per heavy atom. The standard InChI is InChI=1S/C17H23FN2S/c1-11-9-15(13(3)21-11)17(10-19)20(4)12(2)14-7-5-6-8-16(14)18/h5-9,12,17H,10,19H2,1-4H3. The van der Waals surface area contributed by atoms with Crippen LogP contribution in [0.1, 0.15) is 39.9 Å². The zero-order chi connectivity index (χ0) is 15.6. The van der Waals surface area contributed by atoms with Crippen LogP contribution >= 0.6 is 11.3 Å². The molecule has 0 aliphatic rings. The molecule has 0 amide bonds. The van der Waals surface area contributed by atoms with Crippen molar-refractivity contribution in [2.45, 2.75) is 32.9 Å². The van der Waals surface area contributed by atoms with Crippen LogP contribution in [-0.2, 0) is 0 Å². The molecule has 2 unspecified atom stereocenters. The Labute approximate surface area is 130 Å². The molecule has 2 nitrogen and oxygen atoms in total. The highest BCUT2D eigenvalue weighted by atomic mass is 32.1. The number of halogens is 1. The first kappa shape index (κ1) is 16.1. The highest BCUT2D eigenvalue weighted by molar-refractivity contribution is 7.12. The molecule has 0 bridgehead atoms. The van der Waals surface area contributed by atoms with Crippen molar-refractivity contribution >= 4 is 11.3 Å². The maximum atomic E-state index is 14.0. The molecule has 1 heterocycles. The summed E-state index contributed by atoms with van der Waals surface area (Å²) >= 11 is 1.78. The van der Waals surface area contributed by atoms with Crippen LogP contribution in [0.3, 0.4) is 0 Å². The van der Waals surface area contributed by atoms with Crippen LogP contribution in [0.25, 0.3) is 0 Å². The second kappa shape index (κ2) is 6.69. The van der Waals surface area contributed by atoms with Gasteiger partial charge in [0.15, 0.2) is 0 Å². The van der Waals surface area contributed by atoms with Gasteiger partial charge in [-0.3, -0.25) is 4.90 Å². The Kier molecular flexibility index (Phi) is 5.14. The van der Waals surface area contributed by atoms with Gasteiger partial charge in [-0.1, -0.05) is 18.2 Å². The highest BCUT2D eigenvalue weighted by Crippen LogP contribution is 2.34. The largest absolute Gasteiger partial charge is 0.329 e. The Balaban J connectivity index is 2.30. The lowest BCUT2D eigenvalue weighted by Crippen LogP contribution is -2.33. The van der Waals surface area contributed by atoms with E-state index in [2.05, 4.69) is 24.8 Å². The number of hydrogen-bond donors (Lipinski definition) is 1. The van der Waals surface area contributed by atoms with Gasteiger partial charge in [-0.05, 0) is 45.5 Å². The van der Waals surface area contributed by atoms with Crippen LogP contribution < -0.4 is 5.73 Å². The van der Waals surface area contributed by atoms with E-state index in [1.54, 1.807) is 17.4 Å². The molecule has 1 aromatic carbocycles. The molecule has 2 aromatic rings. The summed E-state index contributed by atoms with van der Waals surface area (Å²) in [6, 6.07) is 9.22. The second-order valence-electron chi connectivity index (χ2n) is 5.48. The lowest BCUT2D eigenvalue weighted by molar-refractivity contribution is 0.187. The van der Waals surface area contributed by atoms with Gasteiger partial charge in [-0.2, -0.15) is 0 Å². The van der Waals surface area contributed by atoms with E-state index in [0.29, 0.717) is 12.1 Å². The van der Waals surface area contributed by atoms with E-state index in [1.807, 2.05) is 26.1 Å². The summed E-state index contributed by atoms with van der Waals surface area (Å²) in [4.78, 5) is 4.73. The summed E-state index contributed by atoms with van der Waals surface area (Å²) in [6.45, 7) is 6.77. The lowest BCUT2D eigenvalue weighted by atomic mass is 10.0. The van der Waals surface area contributed by atoms with Gasteiger partial charge < -0.3 is 5.73 Å². The zero-order valence-corrected chi connectivity index (χ0v) is 13.9. The minimum atomic E-state index is -0.161. The van der Waals surface area contributed by atoms with E-state index in [1.165, 1.54) is 21.4 Å². The van der Waals surface area contributed by atoms with Crippen LogP contribution in [0.5, 0.6) is 0 Å². The molecule has 1 aromatic heterocycles. The summed E-state index contributed by atoms with van der Waals surface area (Å²) < 4.78 is 14.0. The third kappa shape index (κ3) is 3.34. The van der Waals surface area contributed by atoms with Crippen LogP contribution in [-0.4, -0.2) is 18.5 Å². The fraction of sp³-hybridized carbons (Fsp3) is 0.412. The molecule has 21 heavy (non-hydrogen) atoms. The van der Waals surface area contributed by atoms with Crippen molar-refractivity contribution in [2.75, 3.05) is 13.6 Å². The topological polar surface area (TPSA) is 29.3 Å². The molecule has 0 fully saturated rings. The molecule has 4 heteroatoms. The van der Waals surface area contributed by atoms with Crippen molar-refractivity contribution < 1.29 is 4.39 Å². The normalized spacial score (nSPS) is 14.4. The van der Waals surface area contributed by atoms with Crippen molar-refractivity contribution in [1.82, 2.24) is 4.90 Å². The first-order chi connectivity index (χ1) is 9.95. The average Bonchev–Trinajstić information content (AvgIpc) is 2.78. The number of thiophene rings is 1. The molecule has 0 spiro atoms. The van der Waals surface area contributed by atoms with Gasteiger partial charge in [0, 0.05) is 33.9 Å². The van der Waals surface area contributed by atoms with Gasteiger partial charge in [0.25, 0.3) is 0 Å². The number of benzene rings is 1. The summed E-state index contributed by atoms with van der Waals surface area (Å²) in [5.41, 5.74) is 7.97. The third-order valence-corrected chi connectivity index (χ3v) is 5.10. The molecule has 0 saturated heterocycles. The van der Waals surface area contributed by atoms with Gasteiger partial charge in [0.2, 0.25) is 0 Å². The molecule has 2 atom stereocenters. The van der Waals surface area contributed by atoms with E-state index < -0.39 is 0 Å². The van der Waals surface area contributed by atoms with Crippen molar-refractivity contribution in [3.05, 3.63) is 57.0 Å². The fourth-order valence-electron chi connectivity index (χ4n) is 2.80. The molecule has 114 valence electrons. The predicted octanol–water partition coefficient (Wildman–Crippen LogP) is 4.20. The van der Waals surface area contributed by atoms with Gasteiger partial charge in [0.1, 0.15) is 5.82 Å². The van der Waals surface area contributed by atoms with Gasteiger partial charge >= 0.3 is 0 Å². The van der Waals surface area contributed by atoms with E-state index >= 15 is 0 Å². The Bertz CT molecular complexity index is 609. The number of aryl methyl sites for hydroxylation is 2. The van der Waals surface area contributed by atoms with E-state index in [9.17, 15) is 4.39 Å². The van der Waals surface area contributed by atoms with Crippen LogP contribution in [0.4, 0.5) is 4.39 Å². The summed E-state index contributed by atoms with van der Waals surface area (Å²) in [6.07, 6.45) is 0. The SMILES string of the molecule is Cc1cc(C(CN)N(C)C(C)c2ccccc2F)c(C)s1. The van der Waals surface area contributed by atoms with Crippen LogP contribution in [0.15, 0.2) is 30.3 Å². The smallest absolute Gasteiger partial charge is 0.127 e. The lowest BCUT2D eigenvalue weighted by Gasteiger charge is -2.33. The number of nitrogens with zero attached hydrogens (tertiary/aromatic N) is 1. The Morgan fingerprint density at radius 3 is 2.43 bits per heavy atom. The summed E-state index contributed by atoms with van der Waals surface area (Å²) in [5.74, 6) is -0.161.